The number of hydrogen-bond donors (Lipinski definition) is 2. The largest absolute Gasteiger partial charge is 0.451 e. The summed E-state index contributed by atoms with van der Waals surface area (Å²) in [6, 6.07) is 15.5. The Kier molecular flexibility index (Phi) is 9.60. The minimum atomic E-state index is -0.699. The van der Waals surface area contributed by atoms with E-state index in [0.717, 1.165) is 43.4 Å². The van der Waals surface area contributed by atoms with E-state index in [4.69, 9.17) is 21.8 Å². The number of nitrogens with one attached hydrogen (secondary N) is 1. The van der Waals surface area contributed by atoms with Crippen molar-refractivity contribution in [2.24, 2.45) is 5.73 Å². The van der Waals surface area contributed by atoms with E-state index >= 15 is 0 Å². The number of likely N-dealkylation sites (tertiary alicyclic amines) is 2. The molecule has 212 valence electrons. The van der Waals surface area contributed by atoms with Crippen molar-refractivity contribution in [3.8, 4) is 0 Å². The van der Waals surface area contributed by atoms with Crippen LogP contribution in [-0.4, -0.2) is 65.8 Å². The summed E-state index contributed by atoms with van der Waals surface area (Å²) in [6.45, 7) is 4.32. The quantitative estimate of drug-likeness (QED) is 0.487. The number of nitrogens with zero attached hydrogens (tertiary/aromatic N) is 2. The van der Waals surface area contributed by atoms with Gasteiger partial charge in [0.05, 0.1) is 11.9 Å². The number of halogens is 1. The van der Waals surface area contributed by atoms with E-state index in [9.17, 15) is 19.2 Å². The van der Waals surface area contributed by atoms with Gasteiger partial charge in [-0.2, -0.15) is 0 Å². The SMILES string of the molecule is Cc1ccc(Cl)cc1.NC(=O)C1(N2CCCCC2)CCN(C(=O)CNC(=O)c2cc(=O)c3ccccc3o2)CC1. The minimum absolute atomic E-state index is 0.141. The van der Waals surface area contributed by atoms with Crippen LogP contribution in [-0.2, 0) is 9.59 Å². The first kappa shape index (κ1) is 29.3. The number of carbonyl (C=O) groups is 3. The van der Waals surface area contributed by atoms with E-state index in [0.29, 0.717) is 36.9 Å². The lowest BCUT2D eigenvalue weighted by molar-refractivity contribution is -0.141. The Hall–Kier alpha value is -3.69. The summed E-state index contributed by atoms with van der Waals surface area (Å²) in [5, 5.41) is 3.72. The monoisotopic (exact) mass is 566 g/mol. The summed E-state index contributed by atoms with van der Waals surface area (Å²) < 4.78 is 5.51. The van der Waals surface area contributed by atoms with Crippen LogP contribution in [0.25, 0.3) is 11.0 Å². The molecule has 3 heterocycles. The molecule has 0 atom stereocenters. The molecule has 9 nitrogen and oxygen atoms in total. The van der Waals surface area contributed by atoms with Crippen LogP contribution in [0.1, 0.15) is 48.2 Å². The zero-order valence-electron chi connectivity index (χ0n) is 22.7. The number of piperidine rings is 2. The van der Waals surface area contributed by atoms with Crippen LogP contribution >= 0.6 is 11.6 Å². The number of nitrogens with two attached hydrogens (primary N) is 1. The number of benzene rings is 2. The predicted molar refractivity (Wildman–Crippen MR) is 154 cm³/mol. The van der Waals surface area contributed by atoms with Crippen LogP contribution < -0.4 is 16.5 Å². The van der Waals surface area contributed by atoms with E-state index in [1.165, 1.54) is 5.56 Å². The van der Waals surface area contributed by atoms with Gasteiger partial charge in [-0.3, -0.25) is 24.1 Å². The second-order valence-electron chi connectivity index (χ2n) is 10.3. The van der Waals surface area contributed by atoms with Gasteiger partial charge in [0.25, 0.3) is 5.91 Å². The fourth-order valence-corrected chi connectivity index (χ4v) is 5.40. The summed E-state index contributed by atoms with van der Waals surface area (Å²) in [5.74, 6) is -1.35. The maximum Gasteiger partial charge on any atom is 0.287 e. The highest BCUT2D eigenvalue weighted by Crippen LogP contribution is 2.31. The Morgan fingerprint density at radius 2 is 1.62 bits per heavy atom. The molecular weight excluding hydrogens is 532 g/mol. The lowest BCUT2D eigenvalue weighted by atomic mass is 9.83. The number of carbonyl (C=O) groups excluding carboxylic acids is 3. The molecule has 40 heavy (non-hydrogen) atoms. The Morgan fingerprint density at radius 3 is 2.25 bits per heavy atom. The molecule has 10 heteroatoms. The van der Waals surface area contributed by atoms with Crippen LogP contribution in [0.5, 0.6) is 0 Å². The lowest BCUT2D eigenvalue weighted by Crippen LogP contribution is -2.64. The van der Waals surface area contributed by atoms with Gasteiger partial charge in [-0.15, -0.1) is 0 Å². The summed E-state index contributed by atoms with van der Waals surface area (Å²) >= 11 is 5.61. The smallest absolute Gasteiger partial charge is 0.287 e. The molecule has 2 aromatic carbocycles. The summed E-state index contributed by atoms with van der Waals surface area (Å²) in [6.07, 6.45) is 4.24. The Balaban J connectivity index is 0.000000398. The van der Waals surface area contributed by atoms with Crippen LogP contribution in [0.2, 0.25) is 5.02 Å². The summed E-state index contributed by atoms with van der Waals surface area (Å²) in [7, 11) is 0. The minimum Gasteiger partial charge on any atom is -0.451 e. The lowest BCUT2D eigenvalue weighted by Gasteiger charge is -2.48. The van der Waals surface area contributed by atoms with Gasteiger partial charge in [-0.05, 0) is 70.0 Å². The Morgan fingerprint density at radius 1 is 0.975 bits per heavy atom. The molecule has 0 saturated carbocycles. The van der Waals surface area contributed by atoms with Gasteiger partial charge in [0.1, 0.15) is 11.1 Å². The highest BCUT2D eigenvalue weighted by molar-refractivity contribution is 6.30. The second-order valence-corrected chi connectivity index (χ2v) is 10.7. The van der Waals surface area contributed by atoms with E-state index < -0.39 is 11.4 Å². The molecule has 2 aliphatic heterocycles. The molecule has 0 radical (unpaired) electrons. The van der Waals surface area contributed by atoms with Gasteiger partial charge in [-0.25, -0.2) is 0 Å². The molecule has 0 aliphatic carbocycles. The molecule has 0 unspecified atom stereocenters. The topological polar surface area (TPSA) is 126 Å². The van der Waals surface area contributed by atoms with Crippen molar-refractivity contribution in [3.63, 3.8) is 0 Å². The fourth-order valence-electron chi connectivity index (χ4n) is 5.27. The molecule has 2 fully saturated rings. The van der Waals surface area contributed by atoms with Crippen molar-refractivity contribution >= 4 is 40.3 Å². The molecular formula is C30H35ClN4O5. The van der Waals surface area contributed by atoms with E-state index in [-0.39, 0.29) is 29.5 Å². The first-order chi connectivity index (χ1) is 19.2. The van der Waals surface area contributed by atoms with Gasteiger partial charge in [0.15, 0.2) is 11.2 Å². The van der Waals surface area contributed by atoms with E-state index in [2.05, 4.69) is 10.2 Å². The third kappa shape index (κ3) is 6.89. The maximum atomic E-state index is 12.7. The molecule has 2 aliphatic rings. The average Bonchev–Trinajstić information content (AvgIpc) is 2.98. The van der Waals surface area contributed by atoms with Gasteiger partial charge in [0.2, 0.25) is 11.8 Å². The first-order valence-electron chi connectivity index (χ1n) is 13.6. The zero-order valence-corrected chi connectivity index (χ0v) is 23.4. The Bertz CT molecular complexity index is 1390. The van der Waals surface area contributed by atoms with Crippen LogP contribution in [0.3, 0.4) is 0 Å². The second kappa shape index (κ2) is 13.1. The predicted octanol–water partition coefficient (Wildman–Crippen LogP) is 3.50. The van der Waals surface area contributed by atoms with E-state index in [1.54, 1.807) is 29.2 Å². The molecule has 1 aromatic heterocycles. The third-order valence-corrected chi connectivity index (χ3v) is 7.88. The molecule has 5 rings (SSSR count). The molecule has 0 bridgehead atoms. The molecule has 3 amide bonds. The molecule has 3 N–H and O–H groups in total. The van der Waals surface area contributed by atoms with Gasteiger partial charge >= 0.3 is 0 Å². The molecule has 0 spiro atoms. The van der Waals surface area contributed by atoms with Crippen molar-refractivity contribution in [1.82, 2.24) is 15.1 Å². The zero-order chi connectivity index (χ0) is 28.7. The van der Waals surface area contributed by atoms with Gasteiger partial charge in [-0.1, -0.05) is 47.9 Å². The fraction of sp³-hybridized carbons (Fsp3) is 0.400. The normalized spacial score (nSPS) is 17.0. The standard InChI is InChI=1S/C23H28N4O5.C7H7Cl/c24-22(31)23(27-10-4-1-5-11-27)8-12-26(13-9-23)20(29)15-25-21(30)19-14-17(28)16-6-2-3-7-18(16)32-19;1-6-2-4-7(8)5-3-6/h2-3,6-7,14H,1,4-5,8-13,15H2,(H2,24,31)(H,25,30);2-5H,1H3. The van der Waals surface area contributed by atoms with Crippen molar-refractivity contribution < 1.29 is 18.8 Å². The number of rotatable bonds is 5. The van der Waals surface area contributed by atoms with Crippen LogP contribution in [0.4, 0.5) is 0 Å². The van der Waals surface area contributed by atoms with Crippen molar-refractivity contribution in [3.05, 3.63) is 81.2 Å². The van der Waals surface area contributed by atoms with Crippen molar-refractivity contribution in [2.75, 3.05) is 32.7 Å². The highest BCUT2D eigenvalue weighted by Gasteiger charge is 2.45. The van der Waals surface area contributed by atoms with E-state index in [1.807, 2.05) is 31.2 Å². The van der Waals surface area contributed by atoms with Crippen molar-refractivity contribution in [2.45, 2.75) is 44.6 Å². The Labute approximate surface area is 238 Å². The van der Waals surface area contributed by atoms with Crippen LogP contribution in [0.15, 0.2) is 63.8 Å². The van der Waals surface area contributed by atoms with Crippen molar-refractivity contribution in [1.29, 1.82) is 0 Å². The van der Waals surface area contributed by atoms with Crippen LogP contribution in [0, 0.1) is 6.92 Å². The first-order valence-corrected chi connectivity index (χ1v) is 13.9. The number of aryl methyl sites for hydroxylation is 1. The average molecular weight is 567 g/mol. The third-order valence-electron chi connectivity index (χ3n) is 7.63. The molecule has 2 saturated heterocycles. The van der Waals surface area contributed by atoms with Gasteiger partial charge in [0, 0.05) is 24.2 Å². The maximum absolute atomic E-state index is 12.7. The number of fused-ring (bicyclic) bond motifs is 1. The number of para-hydroxylation sites is 1. The highest BCUT2D eigenvalue weighted by atomic mass is 35.5. The number of amides is 3. The molecule has 3 aromatic rings. The van der Waals surface area contributed by atoms with Gasteiger partial charge < -0.3 is 20.4 Å². The number of hydrogen-bond acceptors (Lipinski definition) is 6. The summed E-state index contributed by atoms with van der Waals surface area (Å²) in [4.78, 5) is 53.4. The summed E-state index contributed by atoms with van der Waals surface area (Å²) in [5.41, 5.74) is 6.33. The number of primary amides is 1.